The van der Waals surface area contributed by atoms with Crippen LogP contribution in [0.15, 0.2) is 24.3 Å². The Hall–Kier alpha value is -2.23. The summed E-state index contributed by atoms with van der Waals surface area (Å²) in [4.78, 5) is 18.4. The standard InChI is InChI=1S/C18H24N4O4S/c1-13-14-5-3-4-6-15(14)20-17(16(13)18(23)24)19-7-8-21-9-11-22(12-10-21)27(2,25)26/h3-6H,7-12H2,1-2H3,(H,19,20)(H,23,24). The summed E-state index contributed by atoms with van der Waals surface area (Å²) in [7, 11) is -3.14. The van der Waals surface area contributed by atoms with E-state index in [1.165, 1.54) is 10.6 Å². The first-order chi connectivity index (χ1) is 12.8. The number of sulfonamides is 1. The van der Waals surface area contributed by atoms with Gasteiger partial charge in [-0.1, -0.05) is 18.2 Å². The SMILES string of the molecule is Cc1c(C(=O)O)c(NCCN2CCN(S(C)(=O)=O)CC2)nc2ccccc12. The molecule has 146 valence electrons. The van der Waals surface area contributed by atoms with E-state index in [9.17, 15) is 18.3 Å². The van der Waals surface area contributed by atoms with Gasteiger partial charge in [0.2, 0.25) is 10.0 Å². The fourth-order valence-corrected chi connectivity index (χ4v) is 4.21. The molecule has 0 bridgehead atoms. The summed E-state index contributed by atoms with van der Waals surface area (Å²) in [5.41, 5.74) is 1.64. The fourth-order valence-electron chi connectivity index (χ4n) is 3.38. The van der Waals surface area contributed by atoms with Gasteiger partial charge >= 0.3 is 5.97 Å². The van der Waals surface area contributed by atoms with Crippen LogP contribution in [0.5, 0.6) is 0 Å². The van der Waals surface area contributed by atoms with E-state index in [0.29, 0.717) is 50.6 Å². The number of carboxylic acid groups (broad SMARTS) is 1. The average Bonchev–Trinajstić information content (AvgIpc) is 2.61. The molecule has 2 heterocycles. The molecule has 0 spiro atoms. The van der Waals surface area contributed by atoms with E-state index in [1.807, 2.05) is 24.3 Å². The third kappa shape index (κ3) is 4.37. The second-order valence-electron chi connectivity index (χ2n) is 6.71. The molecule has 27 heavy (non-hydrogen) atoms. The van der Waals surface area contributed by atoms with Crippen LogP contribution in [-0.2, 0) is 10.0 Å². The van der Waals surface area contributed by atoms with Crippen LogP contribution >= 0.6 is 0 Å². The normalized spacial score (nSPS) is 16.5. The van der Waals surface area contributed by atoms with Crippen LogP contribution in [0.2, 0.25) is 0 Å². The number of benzene rings is 1. The molecular formula is C18H24N4O4S. The number of aryl methyl sites for hydroxylation is 1. The van der Waals surface area contributed by atoms with Crippen molar-refractivity contribution in [2.45, 2.75) is 6.92 Å². The van der Waals surface area contributed by atoms with Crippen molar-refractivity contribution in [1.29, 1.82) is 0 Å². The Kier molecular flexibility index (Phi) is 5.64. The number of carbonyl (C=O) groups is 1. The Bertz CT molecular complexity index is 953. The van der Waals surface area contributed by atoms with E-state index < -0.39 is 16.0 Å². The van der Waals surface area contributed by atoms with Crippen LogP contribution in [0.3, 0.4) is 0 Å². The van der Waals surface area contributed by atoms with Crippen molar-refractivity contribution < 1.29 is 18.3 Å². The smallest absolute Gasteiger partial charge is 0.339 e. The lowest BCUT2D eigenvalue weighted by molar-refractivity contribution is 0.0697. The predicted octanol–water partition coefficient (Wildman–Crippen LogP) is 1.23. The monoisotopic (exact) mass is 392 g/mol. The van der Waals surface area contributed by atoms with Gasteiger partial charge in [-0.05, 0) is 18.6 Å². The molecule has 0 atom stereocenters. The number of nitrogens with one attached hydrogen (secondary N) is 1. The summed E-state index contributed by atoms with van der Waals surface area (Å²) >= 11 is 0. The number of para-hydroxylation sites is 1. The van der Waals surface area contributed by atoms with Gasteiger partial charge in [0.15, 0.2) is 0 Å². The van der Waals surface area contributed by atoms with E-state index in [4.69, 9.17) is 0 Å². The van der Waals surface area contributed by atoms with Crippen LogP contribution in [0.1, 0.15) is 15.9 Å². The van der Waals surface area contributed by atoms with Crippen LogP contribution in [0.25, 0.3) is 10.9 Å². The van der Waals surface area contributed by atoms with Crippen molar-refractivity contribution in [2.75, 3.05) is 50.8 Å². The Labute approximate surface area is 158 Å². The van der Waals surface area contributed by atoms with Gasteiger partial charge in [-0.15, -0.1) is 0 Å². The number of nitrogens with zero attached hydrogens (tertiary/aromatic N) is 3. The zero-order valence-corrected chi connectivity index (χ0v) is 16.3. The maximum atomic E-state index is 11.7. The number of pyridine rings is 1. The molecule has 1 aromatic carbocycles. The molecule has 9 heteroatoms. The summed E-state index contributed by atoms with van der Waals surface area (Å²) < 4.78 is 24.6. The first-order valence-electron chi connectivity index (χ1n) is 8.81. The van der Waals surface area contributed by atoms with Gasteiger partial charge in [-0.25, -0.2) is 18.2 Å². The van der Waals surface area contributed by atoms with Crippen LogP contribution in [0, 0.1) is 6.92 Å². The molecule has 2 N–H and O–H groups in total. The third-order valence-corrected chi connectivity index (χ3v) is 6.19. The van der Waals surface area contributed by atoms with Gasteiger partial charge in [0.1, 0.15) is 11.4 Å². The Morgan fingerprint density at radius 3 is 2.52 bits per heavy atom. The number of carboxylic acids is 1. The van der Waals surface area contributed by atoms with Crippen molar-refractivity contribution in [3.8, 4) is 0 Å². The number of piperazine rings is 1. The minimum atomic E-state index is -3.14. The average molecular weight is 392 g/mol. The van der Waals surface area contributed by atoms with Gasteiger partial charge in [0, 0.05) is 44.7 Å². The molecule has 1 aliphatic rings. The maximum absolute atomic E-state index is 11.7. The second kappa shape index (κ2) is 7.79. The van der Waals surface area contributed by atoms with Gasteiger partial charge in [-0.3, -0.25) is 4.90 Å². The Balaban J connectivity index is 1.67. The summed E-state index contributed by atoms with van der Waals surface area (Å²) in [6.45, 7) is 5.28. The first-order valence-corrected chi connectivity index (χ1v) is 10.7. The molecule has 3 rings (SSSR count). The first kappa shape index (κ1) is 19.5. The number of hydrogen-bond acceptors (Lipinski definition) is 6. The fraction of sp³-hybridized carbons (Fsp3) is 0.444. The number of aromatic nitrogens is 1. The number of anilines is 1. The molecular weight excluding hydrogens is 368 g/mol. The quantitative estimate of drug-likeness (QED) is 0.762. The van der Waals surface area contributed by atoms with Gasteiger partial charge in [0.25, 0.3) is 0 Å². The molecule has 2 aromatic rings. The lowest BCUT2D eigenvalue weighted by Crippen LogP contribution is -2.49. The van der Waals surface area contributed by atoms with E-state index in [0.717, 1.165) is 10.9 Å². The highest BCUT2D eigenvalue weighted by atomic mass is 32.2. The predicted molar refractivity (Wildman–Crippen MR) is 105 cm³/mol. The third-order valence-electron chi connectivity index (χ3n) is 4.89. The minimum Gasteiger partial charge on any atom is -0.478 e. The lowest BCUT2D eigenvalue weighted by Gasteiger charge is -2.33. The zero-order chi connectivity index (χ0) is 19.6. The van der Waals surface area contributed by atoms with E-state index in [2.05, 4.69) is 15.2 Å². The molecule has 0 aliphatic carbocycles. The van der Waals surface area contributed by atoms with Gasteiger partial charge < -0.3 is 10.4 Å². The molecule has 1 aromatic heterocycles. The van der Waals surface area contributed by atoms with Gasteiger partial charge in [-0.2, -0.15) is 4.31 Å². The maximum Gasteiger partial charge on any atom is 0.339 e. The largest absolute Gasteiger partial charge is 0.478 e. The molecule has 0 radical (unpaired) electrons. The molecule has 8 nitrogen and oxygen atoms in total. The summed E-state index contributed by atoms with van der Waals surface area (Å²) in [5, 5.41) is 13.6. The highest BCUT2D eigenvalue weighted by Gasteiger charge is 2.23. The molecule has 1 fully saturated rings. The van der Waals surface area contributed by atoms with Crippen molar-refractivity contribution in [3.05, 3.63) is 35.4 Å². The second-order valence-corrected chi connectivity index (χ2v) is 8.70. The Morgan fingerprint density at radius 2 is 1.89 bits per heavy atom. The molecule has 0 saturated carbocycles. The highest BCUT2D eigenvalue weighted by molar-refractivity contribution is 7.88. The molecule has 0 unspecified atom stereocenters. The molecule has 1 saturated heterocycles. The van der Waals surface area contributed by atoms with Crippen molar-refractivity contribution in [3.63, 3.8) is 0 Å². The van der Waals surface area contributed by atoms with Crippen LogP contribution in [-0.4, -0.2) is 79.2 Å². The van der Waals surface area contributed by atoms with E-state index in [1.54, 1.807) is 6.92 Å². The molecule has 0 amide bonds. The topological polar surface area (TPSA) is 103 Å². The van der Waals surface area contributed by atoms with Crippen molar-refractivity contribution in [2.24, 2.45) is 0 Å². The number of fused-ring (bicyclic) bond motifs is 1. The van der Waals surface area contributed by atoms with Gasteiger partial charge in [0.05, 0.1) is 11.8 Å². The van der Waals surface area contributed by atoms with Crippen LogP contribution in [0.4, 0.5) is 5.82 Å². The van der Waals surface area contributed by atoms with Crippen LogP contribution < -0.4 is 5.32 Å². The Morgan fingerprint density at radius 1 is 1.22 bits per heavy atom. The van der Waals surface area contributed by atoms with E-state index in [-0.39, 0.29) is 5.56 Å². The van der Waals surface area contributed by atoms with Crippen molar-refractivity contribution in [1.82, 2.24) is 14.2 Å². The molecule has 1 aliphatic heterocycles. The summed E-state index contributed by atoms with van der Waals surface area (Å²) in [6, 6.07) is 7.48. The minimum absolute atomic E-state index is 0.190. The van der Waals surface area contributed by atoms with Crippen molar-refractivity contribution >= 4 is 32.7 Å². The zero-order valence-electron chi connectivity index (χ0n) is 15.5. The number of hydrogen-bond donors (Lipinski definition) is 2. The lowest BCUT2D eigenvalue weighted by atomic mass is 10.0. The highest BCUT2D eigenvalue weighted by Crippen LogP contribution is 2.25. The van der Waals surface area contributed by atoms with E-state index >= 15 is 0 Å². The summed E-state index contributed by atoms with van der Waals surface area (Å²) in [6.07, 6.45) is 1.23. The summed E-state index contributed by atoms with van der Waals surface area (Å²) in [5.74, 6) is -0.636. The number of aromatic carboxylic acids is 1. The number of rotatable bonds is 6.